The van der Waals surface area contributed by atoms with E-state index in [1.807, 2.05) is 121 Å². The van der Waals surface area contributed by atoms with Crippen molar-refractivity contribution in [2.45, 2.75) is 75.3 Å². The van der Waals surface area contributed by atoms with E-state index in [0.29, 0.717) is 41.8 Å². The van der Waals surface area contributed by atoms with E-state index in [1.165, 1.54) is 39.2 Å². The lowest BCUT2D eigenvalue weighted by Gasteiger charge is -2.38. The molecule has 0 bridgehead atoms. The number of hydrogen-bond donors (Lipinski definition) is 5. The van der Waals surface area contributed by atoms with Crippen molar-refractivity contribution in [2.24, 2.45) is 22.9 Å². The number of hydrogen-bond acceptors (Lipinski definition) is 13. The highest BCUT2D eigenvalue weighted by molar-refractivity contribution is 14.1. The predicted octanol–water partition coefficient (Wildman–Crippen LogP) is 5.17. The van der Waals surface area contributed by atoms with Gasteiger partial charge in [0, 0.05) is 32.7 Å². The van der Waals surface area contributed by atoms with Crippen molar-refractivity contribution in [1.82, 2.24) is 44.5 Å². The molecule has 0 unspecified atom stereocenters. The molecule has 0 aliphatic rings. The number of halogens is 1. The fraction of sp³-hybridized carbons (Fsp3) is 0.375. The molecule has 9 N–H and O–H groups in total. The molecule has 6 aromatic carbocycles. The number of nitrogens with two attached hydrogens (primary N) is 4. The molecule has 0 heterocycles. The Morgan fingerprint density at radius 1 is 0.400 bits per heavy atom. The van der Waals surface area contributed by atoms with Crippen LogP contribution < -0.4 is 28.3 Å². The summed E-state index contributed by atoms with van der Waals surface area (Å²) >= 11 is 2.09. The van der Waals surface area contributed by atoms with E-state index in [0.717, 1.165) is 11.1 Å². The number of nitrogens with one attached hydrogen (secondary N) is 1. The molecule has 0 aromatic heterocycles. The molecule has 9 amide bonds. The number of amides is 9. The van der Waals surface area contributed by atoms with Gasteiger partial charge in [0.15, 0.2) is 0 Å². The number of benzene rings is 6. The Balaban J connectivity index is 1.30. The third-order valence-electron chi connectivity index (χ3n) is 16.3. The van der Waals surface area contributed by atoms with Crippen LogP contribution in [0.5, 0.6) is 0 Å². The zero-order valence-corrected chi connectivity index (χ0v) is 56.9. The quantitative estimate of drug-likeness (QED) is 0.0144. The molecule has 6 rings (SSSR count). The van der Waals surface area contributed by atoms with E-state index in [1.54, 1.807) is 81.4 Å². The first-order valence-electron chi connectivity index (χ1n) is 32.1. The van der Waals surface area contributed by atoms with Crippen molar-refractivity contribution >= 4 is 75.8 Å². The molecule has 0 saturated carbocycles. The van der Waals surface area contributed by atoms with Crippen molar-refractivity contribution in [3.63, 3.8) is 0 Å². The molecule has 3 atom stereocenters. The Bertz CT molecular complexity index is 3400. The van der Waals surface area contributed by atoms with E-state index >= 15 is 19.2 Å². The first-order chi connectivity index (χ1) is 45.7. The average Bonchev–Trinajstić information content (AvgIpc) is 0.838. The van der Waals surface area contributed by atoms with E-state index in [-0.39, 0.29) is 77.7 Å². The topological polar surface area (TPSA) is 296 Å². The van der Waals surface area contributed by atoms with Crippen LogP contribution in [-0.4, -0.2) is 191 Å². The Labute approximate surface area is 572 Å². The SMILES string of the molecule is C[C@H](c1ccccc1)N(CC(=O)N(CCCN)CC(=O)N(CC(=O)N(CC(=O)N(CCCN)CC(=O)N(CC(=O)N(CC(N)=O)[C@](C)(I)c1ccccc1)Cc1ccccc1)[C@H](C)c1ccccc1)Cc1ccccc1)C(=O)CN(Cc1ccccc1)C(=O)CNCCCN. The molecule has 0 saturated heterocycles. The molecule has 0 spiro atoms. The van der Waals surface area contributed by atoms with Gasteiger partial charge >= 0.3 is 0 Å². The van der Waals surface area contributed by atoms with Crippen LogP contribution in [0.15, 0.2) is 182 Å². The smallest absolute Gasteiger partial charge is 0.244 e. The monoisotopic (exact) mass is 1410 g/mol. The maximum absolute atomic E-state index is 15.4. The summed E-state index contributed by atoms with van der Waals surface area (Å²) in [5.74, 6) is -5.24. The van der Waals surface area contributed by atoms with E-state index in [2.05, 4.69) is 27.9 Å². The Morgan fingerprint density at radius 2 is 0.716 bits per heavy atom. The second-order valence-electron chi connectivity index (χ2n) is 23.4. The highest BCUT2D eigenvalue weighted by atomic mass is 127. The van der Waals surface area contributed by atoms with Gasteiger partial charge in [-0.3, -0.25) is 43.2 Å². The average molecular weight is 1410 g/mol. The van der Waals surface area contributed by atoms with Crippen LogP contribution in [-0.2, 0) is 66.3 Å². The second-order valence-corrected chi connectivity index (χ2v) is 25.5. The summed E-state index contributed by atoms with van der Waals surface area (Å²) in [6.45, 7) is 2.56. The number of rotatable bonds is 39. The summed E-state index contributed by atoms with van der Waals surface area (Å²) in [5, 5.41) is 3.12. The number of nitrogens with zero attached hydrogens (tertiary/aromatic N) is 8. The van der Waals surface area contributed by atoms with Crippen molar-refractivity contribution < 1.29 is 43.2 Å². The highest BCUT2D eigenvalue weighted by Gasteiger charge is 2.38. The maximum Gasteiger partial charge on any atom is 0.244 e. The molecule has 23 heteroatoms. The van der Waals surface area contributed by atoms with Gasteiger partial charge in [-0.1, -0.05) is 182 Å². The van der Waals surface area contributed by atoms with Crippen molar-refractivity contribution in [3.8, 4) is 0 Å². The lowest BCUT2D eigenvalue weighted by molar-refractivity contribution is -0.150. The predicted molar refractivity (Wildman–Crippen MR) is 374 cm³/mol. The lowest BCUT2D eigenvalue weighted by atomic mass is 10.1. The Hall–Kier alpha value is -8.88. The second kappa shape index (κ2) is 39.1. The van der Waals surface area contributed by atoms with Crippen LogP contribution in [0.25, 0.3) is 0 Å². The van der Waals surface area contributed by atoms with E-state index < -0.39 is 109 Å². The minimum absolute atomic E-state index is 0.000813. The van der Waals surface area contributed by atoms with E-state index in [9.17, 15) is 24.0 Å². The molecule has 6 aromatic rings. The largest absolute Gasteiger partial charge is 0.368 e. The molecule has 0 aliphatic heterocycles. The van der Waals surface area contributed by atoms with Crippen molar-refractivity contribution in [3.05, 3.63) is 215 Å². The molecule has 95 heavy (non-hydrogen) atoms. The number of alkyl halides is 1. The molecule has 0 fully saturated rings. The number of carbonyl (C=O) groups excluding carboxylic acids is 9. The number of carbonyl (C=O) groups is 9. The van der Waals surface area contributed by atoms with Crippen molar-refractivity contribution in [2.75, 3.05) is 98.2 Å². The summed E-state index contributed by atoms with van der Waals surface area (Å²) in [6, 6.07) is 53.1. The lowest BCUT2D eigenvalue weighted by Crippen LogP contribution is -2.54. The summed E-state index contributed by atoms with van der Waals surface area (Å²) in [7, 11) is 0. The summed E-state index contributed by atoms with van der Waals surface area (Å²) in [4.78, 5) is 142. The van der Waals surface area contributed by atoms with Gasteiger partial charge < -0.3 is 67.5 Å². The van der Waals surface area contributed by atoms with Gasteiger partial charge in [0.2, 0.25) is 53.2 Å². The van der Waals surface area contributed by atoms with Gasteiger partial charge in [0.1, 0.15) is 42.8 Å². The zero-order valence-electron chi connectivity index (χ0n) is 54.8. The van der Waals surface area contributed by atoms with Gasteiger partial charge in [-0.15, -0.1) is 0 Å². The molecule has 0 aliphatic carbocycles. The molecule has 0 radical (unpaired) electrons. The van der Waals surface area contributed by atoms with Crippen molar-refractivity contribution in [1.29, 1.82) is 0 Å². The van der Waals surface area contributed by atoms with Crippen LogP contribution in [0.4, 0.5) is 0 Å². The molecule has 506 valence electrons. The third kappa shape index (κ3) is 23.8. The third-order valence-corrected chi connectivity index (χ3v) is 17.5. The fourth-order valence-electron chi connectivity index (χ4n) is 10.8. The van der Waals surface area contributed by atoms with Gasteiger partial charge in [0.25, 0.3) is 0 Å². The van der Waals surface area contributed by atoms with Gasteiger partial charge in [-0.25, -0.2) is 0 Å². The zero-order chi connectivity index (χ0) is 68.7. The standard InChI is InChI=1S/C72H92IN13O9/c1-55(60-31-16-7-17-32-60)84(69(93)50-81(44-57-25-10-4-11-26-57)64(88)43-78-40-22-37-74)53-67(91)79(41-23-38-75)48-65(89)82(45-58-27-12-5-13-28-58)51-70(94)85(56(2)61-33-18-8-19-34-61)54-68(92)80(42-24-39-76)49-66(90)83(46-59-29-14-6-15-30-59)52-71(95)86(47-63(77)87)72(3,73)62-35-20-9-21-36-62/h4-21,25-36,55-56,78H,22-24,37-54,74-76H2,1-3H3,(H2,77,87)/t55-,56-,72+/m1/s1. The molecular formula is C72H92IN13O9. The molecule has 22 nitrogen and oxygen atoms in total. The Kier molecular flexibility index (Phi) is 30.9. The summed E-state index contributed by atoms with van der Waals surface area (Å²) in [6.07, 6.45) is 1.20. The van der Waals surface area contributed by atoms with Crippen LogP contribution in [0, 0.1) is 0 Å². The Morgan fingerprint density at radius 3 is 1.07 bits per heavy atom. The molecular weight excluding hydrogens is 1320 g/mol. The van der Waals surface area contributed by atoms with E-state index in [4.69, 9.17) is 22.9 Å². The van der Waals surface area contributed by atoms with Gasteiger partial charge in [-0.2, -0.15) is 0 Å². The highest BCUT2D eigenvalue weighted by Crippen LogP contribution is 2.36. The minimum atomic E-state index is -1.08. The minimum Gasteiger partial charge on any atom is -0.368 e. The van der Waals surface area contributed by atoms with Crippen LogP contribution in [0.1, 0.15) is 85.5 Å². The normalized spacial score (nSPS) is 12.2. The van der Waals surface area contributed by atoms with Crippen LogP contribution in [0.3, 0.4) is 0 Å². The van der Waals surface area contributed by atoms with Gasteiger partial charge in [0.05, 0.1) is 31.7 Å². The van der Waals surface area contributed by atoms with Gasteiger partial charge in [-0.05, 0) is 122 Å². The van der Waals surface area contributed by atoms with Crippen LogP contribution in [0.2, 0.25) is 0 Å². The first kappa shape index (κ1) is 75.2. The first-order valence-corrected chi connectivity index (χ1v) is 33.2. The summed E-state index contributed by atoms with van der Waals surface area (Å²) < 4.78 is -1.08. The maximum atomic E-state index is 15.4. The van der Waals surface area contributed by atoms with Crippen LogP contribution >= 0.6 is 22.6 Å². The summed E-state index contributed by atoms with van der Waals surface area (Å²) in [5.41, 5.74) is 27.8. The number of primary amides is 1. The fourth-order valence-corrected chi connectivity index (χ4v) is 11.6.